The smallest absolute Gasteiger partial charge is 0.185 e. The summed E-state index contributed by atoms with van der Waals surface area (Å²) in [5, 5.41) is 8.24. The first-order chi connectivity index (χ1) is 9.88. The van der Waals surface area contributed by atoms with Gasteiger partial charge in [-0.15, -0.1) is 0 Å². The Morgan fingerprint density at radius 3 is 2.33 bits per heavy atom. The Hall–Kier alpha value is -2.29. The number of allylic oxidation sites excluding steroid dienone is 5. The standard InChI is InChI=1S/C18H20N2O/c1-13-10-14(11-16(17(13)21)18(2,3)4)12-19-20-15-8-6-5-7-9-15/h5-12H,1-4H3. The second-order valence-electron chi connectivity index (χ2n) is 6.14. The van der Waals surface area contributed by atoms with Crippen LogP contribution in [0.15, 0.2) is 75.6 Å². The minimum Gasteiger partial charge on any atom is -0.289 e. The number of azo groups is 1. The SMILES string of the molecule is CC1=CC(=CN=Nc2ccccc2)C=C(C(C)(C)C)C1=O. The first kappa shape index (κ1) is 15.1. The molecule has 21 heavy (non-hydrogen) atoms. The van der Waals surface area contributed by atoms with Gasteiger partial charge in [-0.2, -0.15) is 10.2 Å². The van der Waals surface area contributed by atoms with E-state index >= 15 is 0 Å². The molecule has 2 rings (SSSR count). The molecule has 0 saturated heterocycles. The van der Waals surface area contributed by atoms with Crippen LogP contribution in [0.5, 0.6) is 0 Å². The maximum Gasteiger partial charge on any atom is 0.185 e. The molecule has 0 atom stereocenters. The number of benzene rings is 1. The summed E-state index contributed by atoms with van der Waals surface area (Å²) in [6, 6.07) is 9.56. The first-order valence-electron chi connectivity index (χ1n) is 6.99. The minimum atomic E-state index is -0.178. The van der Waals surface area contributed by atoms with Crippen LogP contribution in [0.4, 0.5) is 5.69 Å². The summed E-state index contributed by atoms with van der Waals surface area (Å²) in [4.78, 5) is 12.2. The molecule has 0 unspecified atom stereocenters. The summed E-state index contributed by atoms with van der Waals surface area (Å²) in [6.45, 7) is 7.96. The van der Waals surface area contributed by atoms with Gasteiger partial charge in [-0.1, -0.05) is 39.0 Å². The molecule has 108 valence electrons. The first-order valence-corrected chi connectivity index (χ1v) is 6.99. The van der Waals surface area contributed by atoms with E-state index in [1.54, 1.807) is 6.20 Å². The van der Waals surface area contributed by atoms with Crippen molar-refractivity contribution in [2.24, 2.45) is 15.6 Å². The number of Topliss-reactive ketones (excluding diaryl/α,β-unsaturated/α-hetero) is 1. The van der Waals surface area contributed by atoms with Gasteiger partial charge >= 0.3 is 0 Å². The molecule has 0 amide bonds. The monoisotopic (exact) mass is 280 g/mol. The third kappa shape index (κ3) is 3.85. The lowest BCUT2D eigenvalue weighted by molar-refractivity contribution is -0.113. The molecule has 0 aliphatic heterocycles. The molecule has 3 nitrogen and oxygen atoms in total. The predicted octanol–water partition coefficient (Wildman–Crippen LogP) is 5.16. The lowest BCUT2D eigenvalue weighted by atomic mass is 9.78. The highest BCUT2D eigenvalue weighted by atomic mass is 16.1. The number of carbonyl (C=O) groups excluding carboxylic acids is 1. The number of ketones is 1. The number of nitrogens with zero attached hydrogens (tertiary/aromatic N) is 2. The third-order valence-corrected chi connectivity index (χ3v) is 3.24. The van der Waals surface area contributed by atoms with Gasteiger partial charge in [0, 0.05) is 5.57 Å². The lowest BCUT2D eigenvalue weighted by Gasteiger charge is -2.24. The molecule has 1 aliphatic carbocycles. The number of hydrogen-bond acceptors (Lipinski definition) is 3. The highest BCUT2D eigenvalue weighted by molar-refractivity contribution is 6.10. The Kier molecular flexibility index (Phi) is 4.32. The van der Waals surface area contributed by atoms with Crippen LogP contribution in [-0.4, -0.2) is 5.78 Å². The number of hydrogen-bond donors (Lipinski definition) is 0. The Bertz CT molecular complexity index is 656. The maximum atomic E-state index is 12.2. The lowest BCUT2D eigenvalue weighted by Crippen LogP contribution is -2.21. The average Bonchev–Trinajstić information content (AvgIpc) is 2.42. The molecule has 1 aromatic rings. The predicted molar refractivity (Wildman–Crippen MR) is 85.3 cm³/mol. The number of carbonyl (C=O) groups is 1. The van der Waals surface area contributed by atoms with Crippen molar-refractivity contribution in [3.05, 3.63) is 65.4 Å². The van der Waals surface area contributed by atoms with Crippen LogP contribution in [-0.2, 0) is 4.79 Å². The maximum absolute atomic E-state index is 12.2. The summed E-state index contributed by atoms with van der Waals surface area (Å²) >= 11 is 0. The van der Waals surface area contributed by atoms with E-state index in [4.69, 9.17) is 0 Å². The molecule has 0 heterocycles. The molecule has 1 aromatic carbocycles. The summed E-state index contributed by atoms with van der Waals surface area (Å²) in [7, 11) is 0. The van der Waals surface area contributed by atoms with Crippen molar-refractivity contribution in [3.63, 3.8) is 0 Å². The van der Waals surface area contributed by atoms with E-state index in [1.807, 2.05) is 70.2 Å². The van der Waals surface area contributed by atoms with Crippen molar-refractivity contribution in [1.82, 2.24) is 0 Å². The Balaban J connectivity index is 2.27. The van der Waals surface area contributed by atoms with Crippen LogP contribution in [0.2, 0.25) is 0 Å². The molecular weight excluding hydrogens is 260 g/mol. The molecule has 0 aromatic heterocycles. The van der Waals surface area contributed by atoms with Gasteiger partial charge in [0.2, 0.25) is 0 Å². The van der Waals surface area contributed by atoms with Crippen molar-refractivity contribution >= 4 is 11.5 Å². The molecule has 0 spiro atoms. The van der Waals surface area contributed by atoms with Crippen molar-refractivity contribution in [3.8, 4) is 0 Å². The van der Waals surface area contributed by atoms with Gasteiger partial charge in [-0.05, 0) is 47.8 Å². The van der Waals surface area contributed by atoms with Gasteiger partial charge in [0.1, 0.15) is 0 Å². The van der Waals surface area contributed by atoms with Crippen molar-refractivity contribution < 1.29 is 4.79 Å². The van der Waals surface area contributed by atoms with Crippen molar-refractivity contribution in [2.45, 2.75) is 27.7 Å². The molecular formula is C18H20N2O. The zero-order chi connectivity index (χ0) is 15.5. The van der Waals surface area contributed by atoms with E-state index in [1.165, 1.54) is 0 Å². The van der Waals surface area contributed by atoms with Crippen LogP contribution in [0.25, 0.3) is 0 Å². The molecule has 0 radical (unpaired) electrons. The zero-order valence-corrected chi connectivity index (χ0v) is 12.9. The van der Waals surface area contributed by atoms with Crippen LogP contribution < -0.4 is 0 Å². The molecule has 0 bridgehead atoms. The van der Waals surface area contributed by atoms with Crippen LogP contribution >= 0.6 is 0 Å². The highest BCUT2D eigenvalue weighted by Crippen LogP contribution is 2.32. The summed E-state index contributed by atoms with van der Waals surface area (Å²) in [5.74, 6) is 0.111. The fraction of sp³-hybridized carbons (Fsp3) is 0.278. The van der Waals surface area contributed by atoms with Gasteiger partial charge in [-0.25, -0.2) is 0 Å². The zero-order valence-electron chi connectivity index (χ0n) is 12.9. The molecule has 0 saturated carbocycles. The van der Waals surface area contributed by atoms with Gasteiger partial charge in [0.15, 0.2) is 5.78 Å². The molecule has 0 fully saturated rings. The average molecular weight is 280 g/mol. The summed E-state index contributed by atoms with van der Waals surface area (Å²) in [5.41, 5.74) is 3.08. The second kappa shape index (κ2) is 6.00. The Morgan fingerprint density at radius 1 is 1.05 bits per heavy atom. The van der Waals surface area contributed by atoms with Crippen LogP contribution in [0.3, 0.4) is 0 Å². The van der Waals surface area contributed by atoms with Gasteiger partial charge < -0.3 is 0 Å². The van der Waals surface area contributed by atoms with Crippen LogP contribution in [0.1, 0.15) is 27.7 Å². The van der Waals surface area contributed by atoms with E-state index in [0.29, 0.717) is 0 Å². The normalized spacial score (nSPS) is 18.1. The fourth-order valence-corrected chi connectivity index (χ4v) is 2.09. The highest BCUT2D eigenvalue weighted by Gasteiger charge is 2.27. The van der Waals surface area contributed by atoms with Crippen molar-refractivity contribution in [2.75, 3.05) is 0 Å². The van der Waals surface area contributed by atoms with E-state index in [2.05, 4.69) is 10.2 Å². The molecule has 1 aliphatic rings. The van der Waals surface area contributed by atoms with E-state index < -0.39 is 0 Å². The topological polar surface area (TPSA) is 41.8 Å². The van der Waals surface area contributed by atoms with Gasteiger partial charge in [0.05, 0.1) is 11.9 Å². The van der Waals surface area contributed by atoms with Gasteiger partial charge in [0.25, 0.3) is 0 Å². The largest absolute Gasteiger partial charge is 0.289 e. The van der Waals surface area contributed by atoms with Crippen LogP contribution in [0, 0.1) is 5.41 Å². The van der Waals surface area contributed by atoms with E-state index in [9.17, 15) is 4.79 Å². The third-order valence-electron chi connectivity index (χ3n) is 3.24. The van der Waals surface area contributed by atoms with E-state index in [-0.39, 0.29) is 11.2 Å². The molecule has 0 N–H and O–H groups in total. The van der Waals surface area contributed by atoms with Gasteiger partial charge in [-0.3, -0.25) is 4.79 Å². The Morgan fingerprint density at radius 2 is 1.71 bits per heavy atom. The second-order valence-corrected chi connectivity index (χ2v) is 6.14. The van der Waals surface area contributed by atoms with Crippen molar-refractivity contribution in [1.29, 1.82) is 0 Å². The fourth-order valence-electron chi connectivity index (χ4n) is 2.09. The minimum absolute atomic E-state index is 0.111. The summed E-state index contributed by atoms with van der Waals surface area (Å²) < 4.78 is 0. The summed E-state index contributed by atoms with van der Waals surface area (Å²) in [6.07, 6.45) is 5.44. The van der Waals surface area contributed by atoms with E-state index in [0.717, 1.165) is 22.4 Å². The quantitative estimate of drug-likeness (QED) is 0.690. The number of rotatable bonds is 2. The molecule has 3 heteroatoms. The Labute approximate surface area is 125 Å².